The second kappa shape index (κ2) is 7.18. The van der Waals surface area contributed by atoms with Gasteiger partial charge in [-0.3, -0.25) is 0 Å². The number of rotatable bonds is 1. The van der Waals surface area contributed by atoms with E-state index in [0.717, 1.165) is 19.5 Å². The third-order valence-electron chi connectivity index (χ3n) is 2.03. The molecule has 1 aliphatic heterocycles. The topological polar surface area (TPSA) is 139 Å². The number of nitrogens with two attached hydrogens (primary N) is 1. The van der Waals surface area contributed by atoms with Crippen LogP contribution >= 0.6 is 11.6 Å². The molecule has 4 N–H and O–H groups in total. The van der Waals surface area contributed by atoms with Crippen molar-refractivity contribution in [2.45, 2.75) is 9.79 Å². The molecule has 0 aliphatic carbocycles. The molecule has 1 aromatic rings. The van der Waals surface area contributed by atoms with Crippen LogP contribution in [0.25, 0.3) is 0 Å². The SMILES string of the molecule is CO.NS(=O)(=O)c1cc2c(cc1Cl)NC=NS2(=O)=O.[H-].[Na+]. The van der Waals surface area contributed by atoms with Gasteiger partial charge in [-0.05, 0) is 12.1 Å². The fourth-order valence-electron chi connectivity index (χ4n) is 1.30. The Bertz CT molecular complexity index is 739. The van der Waals surface area contributed by atoms with Crippen molar-refractivity contribution in [1.29, 1.82) is 0 Å². The van der Waals surface area contributed by atoms with E-state index >= 15 is 0 Å². The van der Waals surface area contributed by atoms with Crippen LogP contribution in [0, 0.1) is 0 Å². The number of anilines is 1. The van der Waals surface area contributed by atoms with Crippen LogP contribution in [0.5, 0.6) is 0 Å². The van der Waals surface area contributed by atoms with Crippen molar-refractivity contribution < 1.29 is 52.9 Å². The Morgan fingerprint density at radius 2 is 1.95 bits per heavy atom. The number of nitrogens with zero attached hydrogens (tertiary/aromatic N) is 1. The Morgan fingerprint density at radius 1 is 1.40 bits per heavy atom. The number of hydrogen-bond donors (Lipinski definition) is 3. The molecule has 1 heterocycles. The van der Waals surface area contributed by atoms with Gasteiger partial charge in [0.15, 0.2) is 0 Å². The van der Waals surface area contributed by atoms with Crippen LogP contribution in [0.1, 0.15) is 1.43 Å². The third-order valence-corrected chi connectivity index (χ3v) is 4.68. The molecule has 0 bridgehead atoms. The third kappa shape index (κ3) is 4.15. The predicted molar refractivity (Wildman–Crippen MR) is 71.4 cm³/mol. The molecule has 0 saturated heterocycles. The first-order valence-electron chi connectivity index (χ1n) is 4.58. The van der Waals surface area contributed by atoms with Crippen LogP contribution in [0.4, 0.5) is 5.69 Å². The van der Waals surface area contributed by atoms with E-state index in [2.05, 4.69) is 9.71 Å². The van der Waals surface area contributed by atoms with E-state index < -0.39 is 24.9 Å². The van der Waals surface area contributed by atoms with E-state index in [1.165, 1.54) is 6.07 Å². The number of aliphatic hydroxyl groups is 1. The van der Waals surface area contributed by atoms with Gasteiger partial charge >= 0.3 is 29.6 Å². The van der Waals surface area contributed by atoms with Crippen molar-refractivity contribution in [2.24, 2.45) is 9.54 Å². The molecule has 0 spiro atoms. The molecule has 0 saturated carbocycles. The summed E-state index contributed by atoms with van der Waals surface area (Å²) in [6, 6.07) is 2.05. The molecule has 2 rings (SSSR count). The smallest absolute Gasteiger partial charge is 1.00 e. The summed E-state index contributed by atoms with van der Waals surface area (Å²) in [5.41, 5.74) is 0.150. The summed E-state index contributed by atoms with van der Waals surface area (Å²) in [6.45, 7) is 0. The first-order chi connectivity index (χ1) is 8.72. The van der Waals surface area contributed by atoms with Crippen molar-refractivity contribution in [1.82, 2.24) is 0 Å². The zero-order valence-corrected chi connectivity index (χ0v) is 14.9. The average Bonchev–Trinajstić information content (AvgIpc) is 2.28. The van der Waals surface area contributed by atoms with E-state index in [9.17, 15) is 16.8 Å². The molecular formula is C8H11ClN3NaO5S2. The molecule has 8 nitrogen and oxygen atoms in total. The molecule has 20 heavy (non-hydrogen) atoms. The van der Waals surface area contributed by atoms with Gasteiger partial charge in [-0.15, -0.1) is 4.40 Å². The van der Waals surface area contributed by atoms with Gasteiger partial charge in [-0.1, -0.05) is 11.6 Å². The number of aliphatic hydroxyl groups excluding tert-OH is 1. The summed E-state index contributed by atoms with van der Waals surface area (Å²) >= 11 is 5.70. The number of benzene rings is 1. The number of primary sulfonamides is 1. The van der Waals surface area contributed by atoms with E-state index in [-0.39, 0.29) is 46.6 Å². The van der Waals surface area contributed by atoms with Crippen molar-refractivity contribution >= 4 is 43.7 Å². The van der Waals surface area contributed by atoms with Gasteiger partial charge in [0.05, 0.1) is 10.7 Å². The summed E-state index contributed by atoms with van der Waals surface area (Å²) in [5, 5.41) is 14.3. The normalized spacial score (nSPS) is 15.0. The largest absolute Gasteiger partial charge is 1.00 e. The molecule has 1 aliphatic rings. The Labute approximate surface area is 144 Å². The summed E-state index contributed by atoms with van der Waals surface area (Å²) < 4.78 is 48.7. The summed E-state index contributed by atoms with van der Waals surface area (Å²) in [7, 11) is -7.01. The van der Waals surface area contributed by atoms with Crippen molar-refractivity contribution in [2.75, 3.05) is 12.4 Å². The first kappa shape index (κ1) is 19.8. The van der Waals surface area contributed by atoms with Gasteiger partial charge in [0, 0.05) is 7.11 Å². The molecule has 1 aromatic carbocycles. The van der Waals surface area contributed by atoms with Crippen molar-refractivity contribution in [3.63, 3.8) is 0 Å². The van der Waals surface area contributed by atoms with Gasteiger partial charge in [0.1, 0.15) is 16.1 Å². The summed E-state index contributed by atoms with van der Waals surface area (Å²) in [4.78, 5) is -0.742. The van der Waals surface area contributed by atoms with Crippen LogP contribution < -0.4 is 40.0 Å². The first-order valence-corrected chi connectivity index (χ1v) is 7.95. The number of halogens is 1. The number of fused-ring (bicyclic) bond motifs is 1. The molecule has 0 atom stereocenters. The van der Waals surface area contributed by atoms with Crippen molar-refractivity contribution in [3.05, 3.63) is 17.2 Å². The van der Waals surface area contributed by atoms with Gasteiger partial charge in [-0.25, -0.2) is 13.6 Å². The Kier molecular flexibility index (Phi) is 7.11. The standard InChI is InChI=1S/C7H6ClN3O4S2.CH4O.Na.H/c8-4-1-5-7(2-6(4)16(9,12)13)17(14,15)11-3-10-5;1-2;;/h1-3H,(H,10,11)(H2,9,12,13);2H,1H3;;/q;;+1;-1. The minimum Gasteiger partial charge on any atom is -1.00 e. The fourth-order valence-corrected chi connectivity index (χ4v) is 3.44. The van der Waals surface area contributed by atoms with Gasteiger partial charge in [0.25, 0.3) is 10.0 Å². The van der Waals surface area contributed by atoms with Gasteiger partial charge in [-0.2, -0.15) is 8.42 Å². The van der Waals surface area contributed by atoms with Crippen LogP contribution in [0.15, 0.2) is 26.3 Å². The van der Waals surface area contributed by atoms with Crippen LogP contribution in [-0.2, 0) is 20.0 Å². The molecule has 0 radical (unpaired) electrons. The second-order valence-corrected chi connectivity index (χ2v) is 6.72. The molecule has 0 unspecified atom stereocenters. The van der Waals surface area contributed by atoms with Crippen LogP contribution in [0.3, 0.4) is 0 Å². The van der Waals surface area contributed by atoms with E-state index in [1.807, 2.05) is 0 Å². The maximum absolute atomic E-state index is 11.5. The Hall–Kier alpha value is -0.200. The van der Waals surface area contributed by atoms with E-state index in [4.69, 9.17) is 21.8 Å². The Balaban J connectivity index is 0. The fraction of sp³-hybridized carbons (Fsp3) is 0.125. The molecule has 0 aromatic heterocycles. The van der Waals surface area contributed by atoms with Gasteiger partial charge < -0.3 is 11.8 Å². The zero-order chi connectivity index (χ0) is 14.8. The summed E-state index contributed by atoms with van der Waals surface area (Å²) in [6.07, 6.45) is 0.977. The summed E-state index contributed by atoms with van der Waals surface area (Å²) in [5.74, 6) is 0. The average molecular weight is 352 g/mol. The second-order valence-electron chi connectivity index (χ2n) is 3.18. The van der Waals surface area contributed by atoms with Crippen molar-refractivity contribution in [3.8, 4) is 0 Å². The monoisotopic (exact) mass is 351 g/mol. The predicted octanol–water partition coefficient (Wildman–Crippen LogP) is -3.15. The Morgan fingerprint density at radius 3 is 2.45 bits per heavy atom. The van der Waals surface area contributed by atoms with Crippen LogP contribution in [-0.4, -0.2) is 35.4 Å². The quantitative estimate of drug-likeness (QED) is 0.457. The maximum atomic E-state index is 11.5. The van der Waals surface area contributed by atoms with E-state index in [0.29, 0.717) is 0 Å². The van der Waals surface area contributed by atoms with Crippen LogP contribution in [0.2, 0.25) is 5.02 Å². The molecule has 12 heteroatoms. The number of sulfonamides is 2. The van der Waals surface area contributed by atoms with Gasteiger partial charge in [0.2, 0.25) is 10.0 Å². The minimum absolute atomic E-state index is 0. The molecular weight excluding hydrogens is 341 g/mol. The molecule has 0 amide bonds. The molecule has 108 valence electrons. The number of hydrogen-bond acceptors (Lipinski definition) is 6. The molecule has 0 fully saturated rings. The zero-order valence-electron chi connectivity index (χ0n) is 11.5. The minimum atomic E-state index is -4.09. The number of nitrogens with one attached hydrogen (secondary N) is 1. The maximum Gasteiger partial charge on any atom is 1.00 e. The van der Waals surface area contributed by atoms with E-state index in [1.54, 1.807) is 0 Å².